The summed E-state index contributed by atoms with van der Waals surface area (Å²) in [5.74, 6) is 0.732. The number of likely N-dealkylation sites (tertiary alicyclic amines) is 1. The van der Waals surface area contributed by atoms with Crippen LogP contribution in [0.2, 0.25) is 0 Å². The minimum Gasteiger partial charge on any atom is -0.493 e. The summed E-state index contributed by atoms with van der Waals surface area (Å²) >= 11 is 0. The van der Waals surface area contributed by atoms with Crippen LogP contribution in [0.1, 0.15) is 25.3 Å². The zero-order chi connectivity index (χ0) is 14.4. The Morgan fingerprint density at radius 3 is 2.85 bits per heavy atom. The van der Waals surface area contributed by atoms with E-state index >= 15 is 0 Å². The van der Waals surface area contributed by atoms with Crippen LogP contribution in [-0.2, 0) is 5.41 Å². The molecular formula is C16H20N2O2. The second-order valence-corrected chi connectivity index (χ2v) is 6.11. The minimum atomic E-state index is -1.02. The normalized spacial score (nSPS) is 37.0. The number of benzene rings is 1. The number of hydrogen-bond acceptors (Lipinski definition) is 4. The fourth-order valence-electron chi connectivity index (χ4n) is 3.68. The van der Waals surface area contributed by atoms with Crippen LogP contribution in [0.4, 0.5) is 0 Å². The molecule has 1 aromatic rings. The summed E-state index contributed by atoms with van der Waals surface area (Å²) < 4.78 is 5.66. The SMILES string of the molecule is CC1CC(O)(C2(C#N)CCOc3ccccc32)CN1C. The Morgan fingerprint density at radius 1 is 1.45 bits per heavy atom. The molecule has 2 aliphatic rings. The number of β-amino-alcohol motifs (C(OH)–C–C–N with tert-alkyl or cyclic N) is 1. The summed E-state index contributed by atoms with van der Waals surface area (Å²) in [5.41, 5.74) is -1.06. The zero-order valence-electron chi connectivity index (χ0n) is 12.0. The molecule has 3 unspecified atom stereocenters. The molecule has 20 heavy (non-hydrogen) atoms. The zero-order valence-corrected chi connectivity index (χ0v) is 12.0. The maximum absolute atomic E-state index is 11.2. The van der Waals surface area contributed by atoms with Crippen LogP contribution >= 0.6 is 0 Å². The molecule has 1 fully saturated rings. The van der Waals surface area contributed by atoms with Crippen LogP contribution < -0.4 is 4.74 Å². The lowest BCUT2D eigenvalue weighted by molar-refractivity contribution is -0.0215. The van der Waals surface area contributed by atoms with Crippen molar-refractivity contribution in [3.63, 3.8) is 0 Å². The van der Waals surface area contributed by atoms with Gasteiger partial charge >= 0.3 is 0 Å². The molecule has 0 aromatic heterocycles. The molecule has 2 heterocycles. The number of hydrogen-bond donors (Lipinski definition) is 1. The summed E-state index contributed by atoms with van der Waals surface area (Å²) in [6.07, 6.45) is 1.16. The summed E-state index contributed by atoms with van der Waals surface area (Å²) in [4.78, 5) is 2.12. The van der Waals surface area contributed by atoms with Crippen LogP contribution in [0.25, 0.3) is 0 Å². The van der Waals surface area contributed by atoms with Gasteiger partial charge in [0.05, 0.1) is 12.7 Å². The van der Waals surface area contributed by atoms with Crippen molar-refractivity contribution in [3.05, 3.63) is 29.8 Å². The Hall–Kier alpha value is -1.57. The van der Waals surface area contributed by atoms with Crippen molar-refractivity contribution in [2.75, 3.05) is 20.2 Å². The van der Waals surface area contributed by atoms with E-state index in [0.29, 0.717) is 26.0 Å². The maximum Gasteiger partial charge on any atom is 0.124 e. The van der Waals surface area contributed by atoms with Crippen LogP contribution in [0, 0.1) is 11.3 Å². The van der Waals surface area contributed by atoms with Crippen molar-refractivity contribution in [1.29, 1.82) is 5.26 Å². The lowest BCUT2D eigenvalue weighted by Gasteiger charge is -2.43. The predicted molar refractivity (Wildman–Crippen MR) is 75.5 cm³/mol. The van der Waals surface area contributed by atoms with Crippen molar-refractivity contribution in [2.45, 2.75) is 36.8 Å². The van der Waals surface area contributed by atoms with Gasteiger partial charge in [0.2, 0.25) is 0 Å². The highest BCUT2D eigenvalue weighted by atomic mass is 16.5. The predicted octanol–water partition coefficient (Wildman–Crippen LogP) is 1.69. The van der Waals surface area contributed by atoms with E-state index in [1.54, 1.807) is 0 Å². The molecule has 3 rings (SSSR count). The average Bonchev–Trinajstić information content (AvgIpc) is 2.72. The lowest BCUT2D eigenvalue weighted by atomic mass is 9.64. The van der Waals surface area contributed by atoms with Gasteiger partial charge in [-0.15, -0.1) is 0 Å². The standard InChI is InChI=1S/C16H20N2O2/c1-12-9-16(19,11-18(12)2)15(10-17)7-8-20-14-6-4-3-5-13(14)15/h3-6,12,19H,7-9,11H2,1-2H3. The topological polar surface area (TPSA) is 56.5 Å². The Kier molecular flexibility index (Phi) is 3.00. The fraction of sp³-hybridized carbons (Fsp3) is 0.562. The van der Waals surface area contributed by atoms with Crippen molar-refractivity contribution in [3.8, 4) is 11.8 Å². The van der Waals surface area contributed by atoms with E-state index in [1.165, 1.54) is 0 Å². The molecule has 0 aliphatic carbocycles. The van der Waals surface area contributed by atoms with Gasteiger partial charge in [-0.1, -0.05) is 18.2 Å². The molecule has 4 heteroatoms. The lowest BCUT2D eigenvalue weighted by Crippen LogP contribution is -2.54. The van der Waals surface area contributed by atoms with Crippen LogP contribution in [0.3, 0.4) is 0 Å². The van der Waals surface area contributed by atoms with Gasteiger partial charge in [0.1, 0.15) is 16.8 Å². The molecule has 3 atom stereocenters. The molecule has 0 saturated carbocycles. The van der Waals surface area contributed by atoms with E-state index in [4.69, 9.17) is 4.74 Å². The second-order valence-electron chi connectivity index (χ2n) is 6.11. The van der Waals surface area contributed by atoms with Gasteiger partial charge in [0.15, 0.2) is 0 Å². The van der Waals surface area contributed by atoms with E-state index in [0.717, 1.165) is 11.3 Å². The molecule has 1 N–H and O–H groups in total. The highest BCUT2D eigenvalue weighted by Crippen LogP contribution is 2.49. The van der Waals surface area contributed by atoms with Gasteiger partial charge in [0.25, 0.3) is 0 Å². The van der Waals surface area contributed by atoms with E-state index in [1.807, 2.05) is 31.3 Å². The first-order chi connectivity index (χ1) is 9.52. The fourth-order valence-corrected chi connectivity index (χ4v) is 3.68. The number of nitrogens with zero attached hydrogens (tertiary/aromatic N) is 2. The largest absolute Gasteiger partial charge is 0.493 e. The number of likely N-dealkylation sites (N-methyl/N-ethyl adjacent to an activating group) is 1. The molecule has 0 spiro atoms. The summed E-state index contributed by atoms with van der Waals surface area (Å²) in [6, 6.07) is 10.3. The summed E-state index contributed by atoms with van der Waals surface area (Å²) in [5, 5.41) is 21.1. The summed E-state index contributed by atoms with van der Waals surface area (Å²) in [7, 11) is 2.00. The molecular weight excluding hydrogens is 252 g/mol. The highest BCUT2D eigenvalue weighted by molar-refractivity contribution is 5.49. The Labute approximate surface area is 119 Å². The van der Waals surface area contributed by atoms with Gasteiger partial charge in [-0.05, 0) is 26.5 Å². The van der Waals surface area contributed by atoms with Crippen molar-refractivity contribution in [2.24, 2.45) is 0 Å². The number of ether oxygens (including phenoxy) is 1. The first-order valence-corrected chi connectivity index (χ1v) is 7.09. The van der Waals surface area contributed by atoms with E-state index in [-0.39, 0.29) is 6.04 Å². The summed E-state index contributed by atoms with van der Waals surface area (Å²) in [6.45, 7) is 3.09. The minimum absolute atomic E-state index is 0.278. The molecule has 0 amide bonds. The van der Waals surface area contributed by atoms with Gasteiger partial charge in [-0.2, -0.15) is 5.26 Å². The van der Waals surface area contributed by atoms with E-state index < -0.39 is 11.0 Å². The second kappa shape index (κ2) is 4.47. The van der Waals surface area contributed by atoms with Crippen LogP contribution in [-0.4, -0.2) is 41.8 Å². The van der Waals surface area contributed by atoms with Crippen molar-refractivity contribution < 1.29 is 9.84 Å². The van der Waals surface area contributed by atoms with E-state index in [2.05, 4.69) is 17.9 Å². The highest BCUT2D eigenvalue weighted by Gasteiger charge is 2.58. The number of fused-ring (bicyclic) bond motifs is 1. The van der Waals surface area contributed by atoms with Gasteiger partial charge in [-0.25, -0.2) is 0 Å². The molecule has 0 bridgehead atoms. The van der Waals surface area contributed by atoms with Crippen molar-refractivity contribution >= 4 is 0 Å². The third kappa shape index (κ3) is 1.67. The number of rotatable bonds is 1. The number of aliphatic hydroxyl groups is 1. The molecule has 1 saturated heterocycles. The first kappa shape index (κ1) is 13.4. The van der Waals surface area contributed by atoms with Crippen LogP contribution in [0.5, 0.6) is 5.75 Å². The molecule has 106 valence electrons. The molecule has 1 aromatic carbocycles. The van der Waals surface area contributed by atoms with Gasteiger partial charge < -0.3 is 14.7 Å². The third-order valence-corrected chi connectivity index (χ3v) is 4.96. The molecule has 2 aliphatic heterocycles. The molecule has 0 radical (unpaired) electrons. The van der Waals surface area contributed by atoms with Crippen molar-refractivity contribution in [1.82, 2.24) is 4.90 Å². The maximum atomic E-state index is 11.2. The van der Waals surface area contributed by atoms with E-state index in [9.17, 15) is 10.4 Å². The quantitative estimate of drug-likeness (QED) is 0.845. The monoisotopic (exact) mass is 272 g/mol. The Morgan fingerprint density at radius 2 is 2.20 bits per heavy atom. The van der Waals surface area contributed by atoms with Crippen LogP contribution in [0.15, 0.2) is 24.3 Å². The third-order valence-electron chi connectivity index (χ3n) is 4.96. The molecule has 4 nitrogen and oxygen atoms in total. The Balaban J connectivity index is 2.13. The average molecular weight is 272 g/mol. The number of nitriles is 1. The van der Waals surface area contributed by atoms with Gasteiger partial charge in [0, 0.05) is 24.6 Å². The number of para-hydroxylation sites is 1. The first-order valence-electron chi connectivity index (χ1n) is 7.09. The smallest absolute Gasteiger partial charge is 0.124 e. The Bertz CT molecular complexity index is 556. The van der Waals surface area contributed by atoms with Gasteiger partial charge in [-0.3, -0.25) is 0 Å².